The molecule has 0 bridgehead atoms. The third-order valence-corrected chi connectivity index (χ3v) is 4.64. The molecule has 0 spiro atoms. The Morgan fingerprint density at radius 1 is 0.958 bits per heavy atom. The summed E-state index contributed by atoms with van der Waals surface area (Å²) in [7, 11) is 0. The van der Waals surface area contributed by atoms with Crippen molar-refractivity contribution in [2.45, 2.75) is 20.3 Å². The van der Waals surface area contributed by atoms with Crippen molar-refractivity contribution in [3.8, 4) is 0 Å². The second-order valence-electron chi connectivity index (χ2n) is 6.21. The molecule has 0 aliphatic rings. The number of nitrogens with one attached hydrogen (secondary N) is 1. The molecule has 0 aliphatic heterocycles. The van der Waals surface area contributed by atoms with Crippen LogP contribution < -0.4 is 5.32 Å². The number of benzene rings is 3. The zero-order valence-electron chi connectivity index (χ0n) is 13.7. The van der Waals surface area contributed by atoms with Gasteiger partial charge in [0.25, 0.3) is 0 Å². The van der Waals surface area contributed by atoms with E-state index in [1.54, 1.807) is 13.0 Å². The smallest absolute Gasteiger partial charge is 0.318 e. The van der Waals surface area contributed by atoms with Crippen LogP contribution in [0.15, 0.2) is 54.6 Å². The molecular formula is C20H19NO3. The molecule has 0 heterocycles. The Morgan fingerprint density at radius 3 is 2.12 bits per heavy atom. The van der Waals surface area contributed by atoms with E-state index < -0.39 is 17.3 Å². The molecule has 122 valence electrons. The van der Waals surface area contributed by atoms with Gasteiger partial charge in [-0.3, -0.25) is 9.59 Å². The van der Waals surface area contributed by atoms with Gasteiger partial charge < -0.3 is 10.4 Å². The van der Waals surface area contributed by atoms with Crippen molar-refractivity contribution in [1.82, 2.24) is 0 Å². The first kappa shape index (κ1) is 16.0. The standard InChI is InChI=1S/C20H19NO3/c1-3-20(2,19(23)24)18(22)21-17-9-8-15-10-13-6-4-5-7-14(13)11-16(15)12-17/h4-12H,3H2,1-2H3,(H,21,22)(H,23,24). The molecule has 24 heavy (non-hydrogen) atoms. The van der Waals surface area contributed by atoms with Crippen LogP contribution in [0.5, 0.6) is 0 Å². The van der Waals surface area contributed by atoms with Crippen LogP contribution >= 0.6 is 0 Å². The summed E-state index contributed by atoms with van der Waals surface area (Å²) in [5.41, 5.74) is -0.832. The number of aliphatic carboxylic acids is 1. The largest absolute Gasteiger partial charge is 0.480 e. The number of carbonyl (C=O) groups is 2. The lowest BCUT2D eigenvalue weighted by Crippen LogP contribution is -2.40. The second-order valence-corrected chi connectivity index (χ2v) is 6.21. The van der Waals surface area contributed by atoms with Crippen LogP contribution in [0.1, 0.15) is 20.3 Å². The summed E-state index contributed by atoms with van der Waals surface area (Å²) in [6.07, 6.45) is 0.229. The van der Waals surface area contributed by atoms with Crippen LogP contribution in [0.2, 0.25) is 0 Å². The maximum atomic E-state index is 12.4. The highest BCUT2D eigenvalue weighted by Gasteiger charge is 2.39. The van der Waals surface area contributed by atoms with Gasteiger partial charge in [-0.1, -0.05) is 37.3 Å². The van der Waals surface area contributed by atoms with Crippen LogP contribution in [0, 0.1) is 5.41 Å². The molecule has 0 saturated heterocycles. The topological polar surface area (TPSA) is 66.4 Å². The van der Waals surface area contributed by atoms with Gasteiger partial charge in [0.15, 0.2) is 0 Å². The molecule has 0 saturated carbocycles. The summed E-state index contributed by atoms with van der Waals surface area (Å²) in [5.74, 6) is -1.62. The normalized spacial score (nSPS) is 13.6. The summed E-state index contributed by atoms with van der Waals surface area (Å²) in [5, 5.41) is 16.4. The van der Waals surface area contributed by atoms with E-state index in [0.29, 0.717) is 5.69 Å². The van der Waals surface area contributed by atoms with Crippen molar-refractivity contribution in [3.63, 3.8) is 0 Å². The number of hydrogen-bond donors (Lipinski definition) is 2. The van der Waals surface area contributed by atoms with Crippen molar-refractivity contribution in [2.75, 3.05) is 5.32 Å². The Morgan fingerprint density at radius 2 is 1.54 bits per heavy atom. The zero-order chi connectivity index (χ0) is 17.3. The van der Waals surface area contributed by atoms with E-state index in [0.717, 1.165) is 21.5 Å². The van der Waals surface area contributed by atoms with E-state index in [2.05, 4.69) is 23.5 Å². The number of amides is 1. The van der Waals surface area contributed by atoms with Gasteiger partial charge in [0, 0.05) is 5.69 Å². The third-order valence-electron chi connectivity index (χ3n) is 4.64. The Hall–Kier alpha value is -2.88. The summed E-state index contributed by atoms with van der Waals surface area (Å²) in [4.78, 5) is 23.7. The lowest BCUT2D eigenvalue weighted by Gasteiger charge is -2.22. The predicted octanol–water partition coefficient (Wildman–Crippen LogP) is 4.43. The van der Waals surface area contributed by atoms with E-state index >= 15 is 0 Å². The lowest BCUT2D eigenvalue weighted by atomic mass is 9.86. The van der Waals surface area contributed by atoms with Crippen LogP contribution in [-0.4, -0.2) is 17.0 Å². The van der Waals surface area contributed by atoms with Gasteiger partial charge in [-0.05, 0) is 59.2 Å². The van der Waals surface area contributed by atoms with Gasteiger partial charge in [0.05, 0.1) is 0 Å². The molecule has 2 N–H and O–H groups in total. The fraction of sp³-hybridized carbons (Fsp3) is 0.200. The first-order chi connectivity index (χ1) is 11.4. The van der Waals surface area contributed by atoms with Crippen LogP contribution in [0.3, 0.4) is 0 Å². The second kappa shape index (κ2) is 5.96. The molecule has 1 atom stereocenters. The SMILES string of the molecule is CCC(C)(C(=O)O)C(=O)Nc1ccc2cc3ccccc3cc2c1. The van der Waals surface area contributed by atoms with Crippen LogP contribution in [0.4, 0.5) is 5.69 Å². The third kappa shape index (κ3) is 2.71. The molecule has 0 fully saturated rings. The Bertz CT molecular complexity index is 948. The maximum absolute atomic E-state index is 12.4. The lowest BCUT2D eigenvalue weighted by molar-refractivity contribution is -0.152. The number of carboxylic acids is 1. The molecule has 0 radical (unpaired) electrons. The van der Waals surface area contributed by atoms with Crippen molar-refractivity contribution < 1.29 is 14.7 Å². The number of carbonyl (C=O) groups excluding carboxylic acids is 1. The van der Waals surface area contributed by atoms with Gasteiger partial charge in [0.1, 0.15) is 5.41 Å². The van der Waals surface area contributed by atoms with Gasteiger partial charge in [-0.15, -0.1) is 0 Å². The van der Waals surface area contributed by atoms with Crippen molar-refractivity contribution in [3.05, 3.63) is 54.6 Å². The minimum Gasteiger partial charge on any atom is -0.480 e. The van der Waals surface area contributed by atoms with E-state index in [1.807, 2.05) is 30.3 Å². The highest BCUT2D eigenvalue weighted by molar-refractivity contribution is 6.09. The molecule has 3 aromatic carbocycles. The van der Waals surface area contributed by atoms with Gasteiger partial charge >= 0.3 is 5.97 Å². The summed E-state index contributed by atoms with van der Waals surface area (Å²) < 4.78 is 0. The minimum absolute atomic E-state index is 0.229. The number of hydrogen-bond acceptors (Lipinski definition) is 2. The first-order valence-electron chi connectivity index (χ1n) is 7.91. The molecule has 0 aliphatic carbocycles. The number of fused-ring (bicyclic) bond motifs is 2. The van der Waals surface area contributed by atoms with Crippen LogP contribution in [-0.2, 0) is 9.59 Å². The van der Waals surface area contributed by atoms with Crippen molar-refractivity contribution >= 4 is 39.1 Å². The first-order valence-corrected chi connectivity index (χ1v) is 7.91. The molecule has 3 rings (SSSR count). The maximum Gasteiger partial charge on any atom is 0.318 e. The molecule has 1 unspecified atom stereocenters. The fourth-order valence-corrected chi connectivity index (χ4v) is 2.70. The molecule has 4 nitrogen and oxygen atoms in total. The van der Waals surface area contributed by atoms with E-state index in [4.69, 9.17) is 0 Å². The highest BCUT2D eigenvalue weighted by Crippen LogP contribution is 2.27. The Kier molecular flexibility index (Phi) is 3.97. The Labute approximate surface area is 140 Å². The highest BCUT2D eigenvalue weighted by atomic mass is 16.4. The average molecular weight is 321 g/mol. The minimum atomic E-state index is -1.43. The fourth-order valence-electron chi connectivity index (χ4n) is 2.70. The molecule has 1 amide bonds. The average Bonchev–Trinajstić information content (AvgIpc) is 2.58. The summed E-state index contributed by atoms with van der Waals surface area (Å²) in [6, 6.07) is 17.9. The molecule has 4 heteroatoms. The van der Waals surface area contributed by atoms with E-state index in [1.165, 1.54) is 6.92 Å². The zero-order valence-corrected chi connectivity index (χ0v) is 13.7. The number of carboxylic acid groups (broad SMARTS) is 1. The molecule has 0 aromatic heterocycles. The van der Waals surface area contributed by atoms with Crippen molar-refractivity contribution in [2.24, 2.45) is 5.41 Å². The number of rotatable bonds is 4. The quantitative estimate of drug-likeness (QED) is 0.552. The molecular weight excluding hydrogens is 302 g/mol. The summed E-state index contributed by atoms with van der Waals surface area (Å²) in [6.45, 7) is 3.14. The summed E-state index contributed by atoms with van der Waals surface area (Å²) >= 11 is 0. The monoisotopic (exact) mass is 321 g/mol. The van der Waals surface area contributed by atoms with E-state index in [9.17, 15) is 14.7 Å². The van der Waals surface area contributed by atoms with Crippen molar-refractivity contribution in [1.29, 1.82) is 0 Å². The predicted molar refractivity (Wildman–Crippen MR) is 96.1 cm³/mol. The molecule has 3 aromatic rings. The Balaban J connectivity index is 1.97. The van der Waals surface area contributed by atoms with Gasteiger partial charge in [-0.25, -0.2) is 0 Å². The number of anilines is 1. The van der Waals surface area contributed by atoms with E-state index in [-0.39, 0.29) is 6.42 Å². The van der Waals surface area contributed by atoms with Gasteiger partial charge in [-0.2, -0.15) is 0 Å². The van der Waals surface area contributed by atoms with Gasteiger partial charge in [0.2, 0.25) is 5.91 Å². The van der Waals surface area contributed by atoms with Crippen LogP contribution in [0.25, 0.3) is 21.5 Å².